The predicted molar refractivity (Wildman–Crippen MR) is 99.6 cm³/mol. The largest absolute Gasteiger partial charge is 0.459 e. The highest BCUT2D eigenvalue weighted by Gasteiger charge is 2.21. The molecule has 0 radical (unpaired) electrons. The fourth-order valence-electron chi connectivity index (χ4n) is 2.55. The second kappa shape index (κ2) is 7.31. The van der Waals surface area contributed by atoms with Crippen molar-refractivity contribution in [1.29, 1.82) is 0 Å². The molecule has 0 fully saturated rings. The van der Waals surface area contributed by atoms with Crippen molar-refractivity contribution >= 4 is 22.9 Å². The van der Waals surface area contributed by atoms with Crippen molar-refractivity contribution in [2.75, 3.05) is 7.05 Å². The molecular formula is C20H21N3O3. The van der Waals surface area contributed by atoms with Crippen LogP contribution >= 0.6 is 0 Å². The first-order valence-corrected chi connectivity index (χ1v) is 8.34. The highest BCUT2D eigenvalue weighted by molar-refractivity contribution is 5.95. The van der Waals surface area contributed by atoms with Gasteiger partial charge in [0.1, 0.15) is 11.3 Å². The predicted octanol–water partition coefficient (Wildman–Crippen LogP) is 3.79. The summed E-state index contributed by atoms with van der Waals surface area (Å²) >= 11 is 0. The number of nitrogens with one attached hydrogen (secondary N) is 2. The van der Waals surface area contributed by atoms with Gasteiger partial charge in [0, 0.05) is 18.0 Å². The molecule has 3 amide bonds. The third-order valence-electron chi connectivity index (χ3n) is 4.35. The molecule has 0 aliphatic heterocycles. The van der Waals surface area contributed by atoms with E-state index in [0.717, 1.165) is 16.5 Å². The second-order valence-corrected chi connectivity index (χ2v) is 6.22. The van der Waals surface area contributed by atoms with Gasteiger partial charge in [-0.05, 0) is 38.1 Å². The summed E-state index contributed by atoms with van der Waals surface area (Å²) in [4.78, 5) is 25.9. The Balaban J connectivity index is 1.61. The number of hydrazine groups is 1. The number of amides is 3. The van der Waals surface area contributed by atoms with Crippen LogP contribution in [0.25, 0.3) is 11.0 Å². The van der Waals surface area contributed by atoms with Crippen LogP contribution in [-0.2, 0) is 0 Å². The number of fused-ring (bicyclic) bond motifs is 1. The number of aryl methyl sites for hydroxylation is 1. The van der Waals surface area contributed by atoms with Gasteiger partial charge in [0.2, 0.25) is 0 Å². The van der Waals surface area contributed by atoms with Crippen molar-refractivity contribution < 1.29 is 14.0 Å². The Morgan fingerprint density at radius 2 is 1.73 bits per heavy atom. The number of rotatable bonds is 3. The van der Waals surface area contributed by atoms with E-state index in [4.69, 9.17) is 4.42 Å². The summed E-state index contributed by atoms with van der Waals surface area (Å²) in [6.07, 6.45) is 0. The molecule has 2 aromatic carbocycles. The fraction of sp³-hybridized carbons (Fsp3) is 0.200. The smallest absolute Gasteiger partial charge is 0.336 e. The molecule has 0 aliphatic carbocycles. The van der Waals surface area contributed by atoms with Gasteiger partial charge in [-0.15, -0.1) is 0 Å². The average Bonchev–Trinajstić information content (AvgIpc) is 3.09. The Morgan fingerprint density at radius 1 is 1.04 bits per heavy atom. The molecule has 6 nitrogen and oxygen atoms in total. The molecule has 2 N–H and O–H groups in total. The maximum atomic E-state index is 12.3. The molecule has 0 saturated carbocycles. The zero-order valence-electron chi connectivity index (χ0n) is 14.9. The number of urea groups is 1. The van der Waals surface area contributed by atoms with Crippen molar-refractivity contribution in [2.24, 2.45) is 0 Å². The van der Waals surface area contributed by atoms with Crippen LogP contribution in [0.2, 0.25) is 0 Å². The van der Waals surface area contributed by atoms with Crippen molar-refractivity contribution in [3.05, 3.63) is 71.5 Å². The van der Waals surface area contributed by atoms with Gasteiger partial charge in [0.05, 0.1) is 6.04 Å². The lowest BCUT2D eigenvalue weighted by Crippen LogP contribution is -2.48. The molecule has 1 heterocycles. The van der Waals surface area contributed by atoms with Gasteiger partial charge in [-0.1, -0.05) is 35.9 Å². The number of furan rings is 1. The summed E-state index contributed by atoms with van der Waals surface area (Å²) < 4.78 is 5.80. The van der Waals surface area contributed by atoms with E-state index < -0.39 is 6.03 Å². The van der Waals surface area contributed by atoms with Crippen LogP contribution in [0.15, 0.2) is 59.0 Å². The maximum Gasteiger partial charge on any atom is 0.336 e. The maximum absolute atomic E-state index is 12.3. The molecule has 1 aromatic heterocycles. The van der Waals surface area contributed by atoms with Crippen LogP contribution in [0.3, 0.4) is 0 Å². The highest BCUT2D eigenvalue weighted by atomic mass is 16.3. The number of carbonyl (C=O) groups is 2. The first-order chi connectivity index (χ1) is 12.5. The lowest BCUT2D eigenvalue weighted by Gasteiger charge is -2.23. The lowest BCUT2D eigenvalue weighted by molar-refractivity contribution is 0.0928. The standard InChI is InChI=1S/C20H21N3O3/c1-13-8-10-15(11-9-13)19(24)21-22-20(25)23(3)14(2)18-12-16-6-4-5-7-17(16)26-18/h4-12,14H,1-3H3,(H,21,24)(H,22,25). The molecule has 134 valence electrons. The van der Waals surface area contributed by atoms with E-state index in [9.17, 15) is 9.59 Å². The highest BCUT2D eigenvalue weighted by Crippen LogP contribution is 2.26. The Hall–Kier alpha value is -3.28. The van der Waals surface area contributed by atoms with Crippen molar-refractivity contribution in [3.8, 4) is 0 Å². The van der Waals surface area contributed by atoms with E-state index >= 15 is 0 Å². The van der Waals surface area contributed by atoms with E-state index in [1.54, 1.807) is 19.2 Å². The van der Waals surface area contributed by atoms with Gasteiger partial charge < -0.3 is 9.32 Å². The van der Waals surface area contributed by atoms with Crippen LogP contribution < -0.4 is 10.9 Å². The number of benzene rings is 2. The van der Waals surface area contributed by atoms with Gasteiger partial charge in [-0.25, -0.2) is 10.2 Å². The second-order valence-electron chi connectivity index (χ2n) is 6.22. The molecule has 3 rings (SSSR count). The Labute approximate surface area is 151 Å². The minimum absolute atomic E-state index is 0.293. The van der Waals surface area contributed by atoms with Gasteiger partial charge in [-0.2, -0.15) is 0 Å². The van der Waals surface area contributed by atoms with E-state index in [-0.39, 0.29) is 11.9 Å². The molecule has 1 atom stereocenters. The van der Waals surface area contributed by atoms with Crippen molar-refractivity contribution in [2.45, 2.75) is 19.9 Å². The average molecular weight is 351 g/mol. The molecule has 0 spiro atoms. The van der Waals surface area contributed by atoms with Crippen molar-refractivity contribution in [3.63, 3.8) is 0 Å². The summed E-state index contributed by atoms with van der Waals surface area (Å²) in [5.74, 6) is 0.303. The third kappa shape index (κ3) is 3.69. The molecule has 1 unspecified atom stereocenters. The topological polar surface area (TPSA) is 74.6 Å². The normalized spacial score (nSPS) is 11.8. The summed E-state index contributed by atoms with van der Waals surface area (Å²) in [7, 11) is 1.64. The first-order valence-electron chi connectivity index (χ1n) is 8.34. The molecule has 6 heteroatoms. The molecule has 0 aliphatic rings. The minimum atomic E-state index is -0.432. The zero-order valence-corrected chi connectivity index (χ0v) is 14.9. The SMILES string of the molecule is Cc1ccc(C(=O)NNC(=O)N(C)C(C)c2cc3ccccc3o2)cc1. The molecule has 0 bridgehead atoms. The number of nitrogens with zero attached hydrogens (tertiary/aromatic N) is 1. The first kappa shape index (κ1) is 17.5. The quantitative estimate of drug-likeness (QED) is 0.705. The Morgan fingerprint density at radius 3 is 2.42 bits per heavy atom. The van der Waals surface area contributed by atoms with Crippen LogP contribution in [0.1, 0.15) is 34.6 Å². The van der Waals surface area contributed by atoms with Gasteiger partial charge in [0.15, 0.2) is 0 Å². The van der Waals surface area contributed by atoms with Gasteiger partial charge in [-0.3, -0.25) is 10.2 Å². The van der Waals surface area contributed by atoms with Gasteiger partial charge >= 0.3 is 6.03 Å². The van der Waals surface area contributed by atoms with E-state index in [1.807, 2.05) is 56.3 Å². The molecular weight excluding hydrogens is 330 g/mol. The summed E-state index contributed by atoms with van der Waals surface area (Å²) in [6.45, 7) is 3.80. The number of para-hydroxylation sites is 1. The minimum Gasteiger partial charge on any atom is -0.459 e. The van der Waals surface area contributed by atoms with Crippen LogP contribution in [0, 0.1) is 6.92 Å². The summed E-state index contributed by atoms with van der Waals surface area (Å²) in [5, 5.41) is 0.982. The molecule has 0 saturated heterocycles. The van der Waals surface area contributed by atoms with Crippen molar-refractivity contribution in [1.82, 2.24) is 15.8 Å². The number of hydrogen-bond acceptors (Lipinski definition) is 3. The van der Waals surface area contributed by atoms with E-state index in [2.05, 4.69) is 10.9 Å². The van der Waals surface area contributed by atoms with Gasteiger partial charge in [0.25, 0.3) is 5.91 Å². The van der Waals surface area contributed by atoms with Crippen LogP contribution in [-0.4, -0.2) is 23.9 Å². The monoisotopic (exact) mass is 351 g/mol. The van der Waals surface area contributed by atoms with E-state index in [1.165, 1.54) is 4.90 Å². The Kier molecular flexibility index (Phi) is 4.93. The third-order valence-corrected chi connectivity index (χ3v) is 4.35. The van der Waals surface area contributed by atoms with Crippen LogP contribution in [0.5, 0.6) is 0 Å². The Bertz CT molecular complexity index is 898. The molecule has 3 aromatic rings. The molecule has 26 heavy (non-hydrogen) atoms. The summed E-state index contributed by atoms with van der Waals surface area (Å²) in [5.41, 5.74) is 7.16. The lowest BCUT2D eigenvalue weighted by atomic mass is 10.1. The zero-order chi connectivity index (χ0) is 18.7. The number of hydrogen-bond donors (Lipinski definition) is 2. The summed E-state index contributed by atoms with van der Waals surface area (Å²) in [6, 6.07) is 15.9. The van der Waals surface area contributed by atoms with Crippen LogP contribution in [0.4, 0.5) is 4.79 Å². The van der Waals surface area contributed by atoms with E-state index in [0.29, 0.717) is 11.3 Å². The fourth-order valence-corrected chi connectivity index (χ4v) is 2.55. The number of carbonyl (C=O) groups excluding carboxylic acids is 2.